The molecule has 2 aromatic carbocycles. The predicted molar refractivity (Wildman–Crippen MR) is 112 cm³/mol. The third-order valence-electron chi connectivity index (χ3n) is 5.19. The van der Waals surface area contributed by atoms with Crippen molar-refractivity contribution >= 4 is 34.1 Å². The van der Waals surface area contributed by atoms with Gasteiger partial charge in [0.15, 0.2) is 11.5 Å². The summed E-state index contributed by atoms with van der Waals surface area (Å²) >= 11 is 0. The minimum atomic E-state index is -0.349. The van der Waals surface area contributed by atoms with E-state index in [9.17, 15) is 4.79 Å². The molecule has 146 valence electrons. The van der Waals surface area contributed by atoms with Crippen LogP contribution in [0.3, 0.4) is 0 Å². The van der Waals surface area contributed by atoms with Crippen molar-refractivity contribution in [2.45, 2.75) is 25.3 Å². The third-order valence-corrected chi connectivity index (χ3v) is 5.19. The number of rotatable bonds is 3. The van der Waals surface area contributed by atoms with Crippen LogP contribution in [0.25, 0.3) is 27.9 Å². The van der Waals surface area contributed by atoms with Crippen LogP contribution in [0.2, 0.25) is 0 Å². The molecule has 2 aromatic heterocycles. The molecule has 0 saturated carbocycles. The molecule has 0 bridgehead atoms. The van der Waals surface area contributed by atoms with Gasteiger partial charge in [0.05, 0.1) is 5.52 Å². The fourth-order valence-electron chi connectivity index (χ4n) is 3.64. The molecule has 5 rings (SSSR count). The molecule has 1 aliphatic heterocycles. The van der Waals surface area contributed by atoms with E-state index in [0.717, 1.165) is 35.7 Å². The number of anilines is 2. The quantitative estimate of drug-likeness (QED) is 0.466. The van der Waals surface area contributed by atoms with E-state index in [1.807, 2.05) is 48.5 Å². The smallest absolute Gasteiger partial charge is 0.242 e. The lowest BCUT2D eigenvalue weighted by molar-refractivity contribution is -0.121. The molecule has 8 nitrogen and oxygen atoms in total. The number of carbonyl (C=O) groups excluding carboxylic acids is 1. The van der Waals surface area contributed by atoms with E-state index in [-0.39, 0.29) is 11.9 Å². The zero-order valence-electron chi connectivity index (χ0n) is 15.8. The number of para-hydroxylation sites is 1. The predicted octanol–water partition coefficient (Wildman–Crippen LogP) is 2.61. The van der Waals surface area contributed by atoms with Crippen LogP contribution in [0.4, 0.5) is 11.6 Å². The van der Waals surface area contributed by atoms with Crippen LogP contribution >= 0.6 is 0 Å². The minimum absolute atomic E-state index is 0.00974. The maximum absolute atomic E-state index is 12.4. The first-order valence-corrected chi connectivity index (χ1v) is 9.75. The summed E-state index contributed by atoms with van der Waals surface area (Å²) in [6.45, 7) is 0.711. The Bertz CT molecular complexity index is 1200. The molecule has 1 saturated heterocycles. The first-order valence-electron chi connectivity index (χ1n) is 9.75. The molecule has 1 fully saturated rings. The number of benzene rings is 2. The van der Waals surface area contributed by atoms with Crippen LogP contribution < -0.4 is 16.4 Å². The van der Waals surface area contributed by atoms with Crippen molar-refractivity contribution in [2.75, 3.05) is 17.6 Å². The number of fused-ring (bicyclic) bond motifs is 3. The van der Waals surface area contributed by atoms with Gasteiger partial charge in [0, 0.05) is 23.2 Å². The molecular formula is C21H21N7O. The van der Waals surface area contributed by atoms with Crippen molar-refractivity contribution in [1.82, 2.24) is 24.9 Å². The van der Waals surface area contributed by atoms with Crippen LogP contribution in [0, 0.1) is 0 Å². The first-order chi connectivity index (χ1) is 14.2. The Morgan fingerprint density at radius 3 is 2.76 bits per heavy atom. The molecule has 8 heteroatoms. The standard InChI is InChI=1S/C21H21N7O/c22-14-10-8-13(9-11-14)18-26-19-15-5-1-2-6-16(15)24-21(28(19)27-18)25-17-7-3-4-12-23-20(17)29/h1-2,5-6,8-11,17H,3-4,7,12,22H2,(H,23,29)(H,24,25)/t17-/m1/s1. The minimum Gasteiger partial charge on any atom is -0.399 e. The largest absolute Gasteiger partial charge is 0.399 e. The van der Waals surface area contributed by atoms with Crippen molar-refractivity contribution in [1.29, 1.82) is 0 Å². The fraction of sp³-hybridized carbons (Fsp3) is 0.238. The normalized spacial score (nSPS) is 17.2. The number of hydrogen-bond donors (Lipinski definition) is 3. The van der Waals surface area contributed by atoms with E-state index in [2.05, 4.69) is 15.7 Å². The first kappa shape index (κ1) is 17.4. The van der Waals surface area contributed by atoms with Gasteiger partial charge in [0.25, 0.3) is 0 Å². The van der Waals surface area contributed by atoms with E-state index < -0.39 is 0 Å². The van der Waals surface area contributed by atoms with Gasteiger partial charge in [-0.05, 0) is 55.7 Å². The summed E-state index contributed by atoms with van der Waals surface area (Å²) in [6.07, 6.45) is 2.71. The number of aromatic nitrogens is 4. The summed E-state index contributed by atoms with van der Waals surface area (Å²) in [5, 5.41) is 11.8. The highest BCUT2D eigenvalue weighted by molar-refractivity contribution is 5.93. The summed E-state index contributed by atoms with van der Waals surface area (Å²) in [6, 6.07) is 14.9. The number of nitrogens with two attached hydrogens (primary N) is 1. The van der Waals surface area contributed by atoms with Gasteiger partial charge in [0.2, 0.25) is 11.9 Å². The lowest BCUT2D eigenvalue weighted by Crippen LogP contribution is -2.38. The van der Waals surface area contributed by atoms with E-state index in [4.69, 9.17) is 15.7 Å². The molecule has 29 heavy (non-hydrogen) atoms. The highest BCUT2D eigenvalue weighted by Crippen LogP contribution is 2.25. The van der Waals surface area contributed by atoms with Crippen molar-refractivity contribution in [2.24, 2.45) is 0 Å². The van der Waals surface area contributed by atoms with E-state index >= 15 is 0 Å². The van der Waals surface area contributed by atoms with Gasteiger partial charge >= 0.3 is 0 Å². The average molecular weight is 387 g/mol. The molecule has 0 unspecified atom stereocenters. The number of nitrogen functional groups attached to an aromatic ring is 1. The van der Waals surface area contributed by atoms with Gasteiger partial charge < -0.3 is 16.4 Å². The van der Waals surface area contributed by atoms with Crippen molar-refractivity contribution in [3.05, 3.63) is 48.5 Å². The molecule has 1 aliphatic rings. The van der Waals surface area contributed by atoms with Crippen molar-refractivity contribution < 1.29 is 4.79 Å². The Labute approximate surface area is 167 Å². The molecule has 3 heterocycles. The summed E-state index contributed by atoms with van der Waals surface area (Å²) in [7, 11) is 0. The zero-order chi connectivity index (χ0) is 19.8. The number of nitrogens with one attached hydrogen (secondary N) is 2. The maximum Gasteiger partial charge on any atom is 0.242 e. The Hall–Kier alpha value is -3.68. The number of hydrogen-bond acceptors (Lipinski definition) is 6. The topological polar surface area (TPSA) is 110 Å². The van der Waals surface area contributed by atoms with Crippen molar-refractivity contribution in [3.8, 4) is 11.4 Å². The molecule has 0 aliphatic carbocycles. The van der Waals surface area contributed by atoms with Gasteiger partial charge in [0.1, 0.15) is 6.04 Å². The van der Waals surface area contributed by atoms with Crippen LogP contribution in [0.5, 0.6) is 0 Å². The molecule has 1 atom stereocenters. The SMILES string of the molecule is Nc1ccc(-c2nc3c4ccccc4nc(N[C@@H]4CCCCNC4=O)n3n2)cc1. The molecule has 1 amide bonds. The summed E-state index contributed by atoms with van der Waals surface area (Å²) in [4.78, 5) is 21.9. The van der Waals surface area contributed by atoms with Gasteiger partial charge in [-0.25, -0.2) is 9.97 Å². The second-order valence-corrected chi connectivity index (χ2v) is 7.23. The van der Waals surface area contributed by atoms with Crippen LogP contribution in [-0.2, 0) is 4.79 Å². The Kier molecular flexibility index (Phi) is 4.23. The van der Waals surface area contributed by atoms with Crippen molar-refractivity contribution in [3.63, 3.8) is 0 Å². The third kappa shape index (κ3) is 3.22. The monoisotopic (exact) mass is 387 g/mol. The number of nitrogens with zero attached hydrogens (tertiary/aromatic N) is 4. The Balaban J connectivity index is 1.65. The van der Waals surface area contributed by atoms with Gasteiger partial charge in [-0.3, -0.25) is 4.79 Å². The molecule has 4 N–H and O–H groups in total. The van der Waals surface area contributed by atoms with Crippen LogP contribution in [-0.4, -0.2) is 38.1 Å². The lowest BCUT2D eigenvalue weighted by Gasteiger charge is -2.16. The summed E-state index contributed by atoms with van der Waals surface area (Å²) in [5.74, 6) is 1.08. The van der Waals surface area contributed by atoms with Crippen LogP contribution in [0.1, 0.15) is 19.3 Å². The van der Waals surface area contributed by atoms with Gasteiger partial charge in [-0.1, -0.05) is 12.1 Å². The second kappa shape index (κ2) is 7.05. The maximum atomic E-state index is 12.4. The molecule has 0 spiro atoms. The average Bonchev–Trinajstić information content (AvgIpc) is 3.09. The highest BCUT2D eigenvalue weighted by Gasteiger charge is 2.23. The van der Waals surface area contributed by atoms with Gasteiger partial charge in [-0.15, -0.1) is 5.10 Å². The van der Waals surface area contributed by atoms with E-state index in [1.54, 1.807) is 4.52 Å². The number of carbonyl (C=O) groups is 1. The lowest BCUT2D eigenvalue weighted by atomic mass is 10.1. The van der Waals surface area contributed by atoms with E-state index in [0.29, 0.717) is 29.7 Å². The Morgan fingerprint density at radius 2 is 1.90 bits per heavy atom. The zero-order valence-corrected chi connectivity index (χ0v) is 15.8. The fourth-order valence-corrected chi connectivity index (χ4v) is 3.64. The highest BCUT2D eigenvalue weighted by atomic mass is 16.2. The Morgan fingerprint density at radius 1 is 1.07 bits per heavy atom. The summed E-state index contributed by atoms with van der Waals surface area (Å²) < 4.78 is 1.69. The molecule has 4 aromatic rings. The van der Waals surface area contributed by atoms with E-state index in [1.165, 1.54) is 0 Å². The molecule has 0 radical (unpaired) electrons. The molecular weight excluding hydrogens is 366 g/mol. The number of amides is 1. The summed E-state index contributed by atoms with van der Waals surface area (Å²) in [5.41, 5.74) is 8.85. The van der Waals surface area contributed by atoms with Crippen LogP contribution in [0.15, 0.2) is 48.5 Å². The van der Waals surface area contributed by atoms with Gasteiger partial charge in [-0.2, -0.15) is 4.52 Å². The second-order valence-electron chi connectivity index (χ2n) is 7.23.